The van der Waals surface area contributed by atoms with Crippen molar-refractivity contribution in [1.29, 1.82) is 0 Å². The third kappa shape index (κ3) is 4.00. The van der Waals surface area contributed by atoms with Crippen LogP contribution in [0.3, 0.4) is 0 Å². The highest BCUT2D eigenvalue weighted by atomic mass is 19.3. The van der Waals surface area contributed by atoms with Gasteiger partial charge in [0, 0.05) is 36.7 Å². The summed E-state index contributed by atoms with van der Waals surface area (Å²) in [5.41, 5.74) is 3.00. The second-order valence-corrected chi connectivity index (χ2v) is 7.21. The van der Waals surface area contributed by atoms with E-state index in [0.29, 0.717) is 52.0 Å². The van der Waals surface area contributed by atoms with Crippen molar-refractivity contribution in [3.05, 3.63) is 24.3 Å². The van der Waals surface area contributed by atoms with Crippen molar-refractivity contribution in [1.82, 2.24) is 29.5 Å². The summed E-state index contributed by atoms with van der Waals surface area (Å²) in [6.07, 6.45) is 0.928. The molecule has 0 aromatic carbocycles. The van der Waals surface area contributed by atoms with Gasteiger partial charge in [0.05, 0.1) is 31.2 Å². The summed E-state index contributed by atoms with van der Waals surface area (Å²) in [5, 5.41) is 3.84. The number of methoxy groups -OCH3 is 2. The van der Waals surface area contributed by atoms with Crippen LogP contribution in [0, 0.1) is 6.92 Å². The van der Waals surface area contributed by atoms with Crippen LogP contribution in [0.25, 0.3) is 33.3 Å². The van der Waals surface area contributed by atoms with Crippen LogP contribution >= 0.6 is 0 Å². The van der Waals surface area contributed by atoms with E-state index in [4.69, 9.17) is 9.47 Å². The molecule has 4 heterocycles. The van der Waals surface area contributed by atoms with Crippen molar-refractivity contribution in [2.45, 2.75) is 32.9 Å². The lowest BCUT2D eigenvalue weighted by Crippen LogP contribution is -2.22. The fourth-order valence-corrected chi connectivity index (χ4v) is 3.59. The van der Waals surface area contributed by atoms with Gasteiger partial charge in [-0.3, -0.25) is 0 Å². The molecule has 0 saturated heterocycles. The van der Waals surface area contributed by atoms with Crippen molar-refractivity contribution in [3.8, 4) is 17.0 Å². The minimum Gasteiger partial charge on any atom is -0.480 e. The molecule has 0 aliphatic heterocycles. The lowest BCUT2D eigenvalue weighted by atomic mass is 10.1. The van der Waals surface area contributed by atoms with E-state index in [0.717, 1.165) is 5.56 Å². The second kappa shape index (κ2) is 8.42. The smallest absolute Gasteiger partial charge is 0.256 e. The summed E-state index contributed by atoms with van der Waals surface area (Å²) in [6, 6.07) is 1.80. The van der Waals surface area contributed by atoms with Crippen LogP contribution < -0.4 is 10.1 Å². The molecule has 0 spiro atoms. The second-order valence-electron chi connectivity index (χ2n) is 7.21. The first-order valence-electron chi connectivity index (χ1n) is 9.71. The monoisotopic (exact) mass is 431 g/mol. The van der Waals surface area contributed by atoms with Gasteiger partial charge in [-0.2, -0.15) is 9.97 Å². The quantitative estimate of drug-likeness (QED) is 0.441. The van der Waals surface area contributed by atoms with Gasteiger partial charge in [0.2, 0.25) is 11.8 Å². The number of nitrogens with zero attached hydrogens (tertiary/aromatic N) is 5. The molecule has 164 valence electrons. The van der Waals surface area contributed by atoms with Gasteiger partial charge < -0.3 is 24.3 Å². The van der Waals surface area contributed by atoms with Gasteiger partial charge in [-0.05, 0) is 19.9 Å². The van der Waals surface area contributed by atoms with Crippen LogP contribution in [0.15, 0.2) is 18.5 Å². The van der Waals surface area contributed by atoms with Crippen molar-refractivity contribution < 1.29 is 18.3 Å². The largest absolute Gasteiger partial charge is 0.480 e. The molecule has 0 unspecified atom stereocenters. The Bertz CT molecular complexity index is 1220. The van der Waals surface area contributed by atoms with Crippen LogP contribution in [0.2, 0.25) is 0 Å². The van der Waals surface area contributed by atoms with Gasteiger partial charge in [0.25, 0.3) is 6.43 Å². The van der Waals surface area contributed by atoms with E-state index in [2.05, 4.69) is 30.2 Å². The summed E-state index contributed by atoms with van der Waals surface area (Å²) >= 11 is 0. The van der Waals surface area contributed by atoms with E-state index >= 15 is 0 Å². The maximum atomic E-state index is 13.0. The number of alkyl halides is 2. The fraction of sp³-hybridized carbons (Fsp3) is 0.400. The number of H-pyrrole nitrogens is 1. The van der Waals surface area contributed by atoms with Crippen molar-refractivity contribution in [2.24, 2.45) is 0 Å². The zero-order valence-electron chi connectivity index (χ0n) is 17.6. The van der Waals surface area contributed by atoms with E-state index < -0.39 is 13.0 Å². The first-order valence-corrected chi connectivity index (χ1v) is 9.71. The van der Waals surface area contributed by atoms with E-state index in [9.17, 15) is 8.78 Å². The number of aryl methyl sites for hydroxylation is 1. The molecule has 0 saturated carbocycles. The standard InChI is InChI=1S/C20H23F2N7O2/c1-10(9-30-3)25-20-27-18-16(19(28-20)31-4)13(7-24-18)12-5-14-17(23-6-12)26-11(2)29(14)8-15(21)22/h5-7,10,15H,8-9H2,1-4H3,(H2,24,25,27,28)/t10-/m1/s1. The Morgan fingerprint density at radius 2 is 2.03 bits per heavy atom. The minimum atomic E-state index is -2.49. The van der Waals surface area contributed by atoms with Crippen LogP contribution in [0.1, 0.15) is 12.7 Å². The number of aromatic amines is 1. The maximum Gasteiger partial charge on any atom is 0.256 e. The van der Waals surface area contributed by atoms with Crippen LogP contribution in [-0.4, -0.2) is 62.8 Å². The van der Waals surface area contributed by atoms with E-state index in [1.807, 2.05) is 6.92 Å². The van der Waals surface area contributed by atoms with Gasteiger partial charge in [-0.1, -0.05) is 0 Å². The van der Waals surface area contributed by atoms with Gasteiger partial charge in [0.1, 0.15) is 11.5 Å². The predicted octanol–water partition coefficient (Wildman–Crippen LogP) is 3.40. The number of fused-ring (bicyclic) bond motifs is 2. The van der Waals surface area contributed by atoms with Crippen LogP contribution in [0.4, 0.5) is 14.7 Å². The Kier molecular flexibility index (Phi) is 5.68. The molecule has 11 heteroatoms. The number of hydrogen-bond acceptors (Lipinski definition) is 7. The normalized spacial score (nSPS) is 12.7. The van der Waals surface area contributed by atoms with Gasteiger partial charge in [-0.15, -0.1) is 0 Å². The summed E-state index contributed by atoms with van der Waals surface area (Å²) in [7, 11) is 3.16. The van der Waals surface area contributed by atoms with Crippen molar-refractivity contribution in [2.75, 3.05) is 26.1 Å². The molecule has 31 heavy (non-hydrogen) atoms. The number of rotatable bonds is 8. The molecular formula is C20H23F2N7O2. The number of hydrogen-bond donors (Lipinski definition) is 2. The maximum absolute atomic E-state index is 13.0. The highest BCUT2D eigenvalue weighted by Crippen LogP contribution is 2.35. The highest BCUT2D eigenvalue weighted by Gasteiger charge is 2.19. The topological polar surface area (TPSA) is 103 Å². The Morgan fingerprint density at radius 1 is 1.23 bits per heavy atom. The highest BCUT2D eigenvalue weighted by molar-refractivity contribution is 5.98. The number of pyridine rings is 1. The first kappa shape index (κ1) is 20.9. The molecule has 0 radical (unpaired) electrons. The number of halogens is 2. The molecule has 1 atom stereocenters. The van der Waals surface area contributed by atoms with Gasteiger partial charge in [-0.25, -0.2) is 18.7 Å². The third-order valence-corrected chi connectivity index (χ3v) is 4.91. The molecule has 0 amide bonds. The Morgan fingerprint density at radius 3 is 2.74 bits per heavy atom. The first-order chi connectivity index (χ1) is 14.9. The van der Waals surface area contributed by atoms with Gasteiger partial charge >= 0.3 is 0 Å². The summed E-state index contributed by atoms with van der Waals surface area (Å²) in [5.74, 6) is 1.27. The summed E-state index contributed by atoms with van der Waals surface area (Å²) in [4.78, 5) is 20.8. The number of anilines is 1. The minimum absolute atomic E-state index is 0.00607. The molecule has 0 bridgehead atoms. The molecule has 4 aromatic heterocycles. The van der Waals surface area contributed by atoms with Crippen LogP contribution in [0.5, 0.6) is 5.88 Å². The fourth-order valence-electron chi connectivity index (χ4n) is 3.59. The molecule has 0 aliphatic rings. The Hall–Kier alpha value is -3.34. The molecule has 2 N–H and O–H groups in total. The van der Waals surface area contributed by atoms with E-state index in [1.54, 1.807) is 32.5 Å². The lowest BCUT2D eigenvalue weighted by Gasteiger charge is -2.13. The lowest BCUT2D eigenvalue weighted by molar-refractivity contribution is 0.127. The number of nitrogens with one attached hydrogen (secondary N) is 2. The molecular weight excluding hydrogens is 408 g/mol. The average molecular weight is 431 g/mol. The number of ether oxygens (including phenoxy) is 2. The SMILES string of the molecule is COC[C@@H](C)Nc1nc(OC)c2c(-c3cnc4nc(C)n(CC(F)F)c4c3)c[nH]c2n1. The van der Waals surface area contributed by atoms with Crippen molar-refractivity contribution >= 4 is 28.1 Å². The Balaban J connectivity index is 1.80. The summed E-state index contributed by atoms with van der Waals surface area (Å²) < 4.78 is 38.2. The molecule has 4 rings (SSSR count). The average Bonchev–Trinajstić information content (AvgIpc) is 3.28. The predicted molar refractivity (Wildman–Crippen MR) is 113 cm³/mol. The van der Waals surface area contributed by atoms with E-state index in [-0.39, 0.29) is 6.04 Å². The molecule has 0 aliphatic carbocycles. The van der Waals surface area contributed by atoms with E-state index in [1.165, 1.54) is 11.7 Å². The van der Waals surface area contributed by atoms with Gasteiger partial charge in [0.15, 0.2) is 5.65 Å². The zero-order valence-corrected chi connectivity index (χ0v) is 17.6. The van der Waals surface area contributed by atoms with Crippen LogP contribution in [-0.2, 0) is 11.3 Å². The number of aromatic nitrogens is 6. The molecule has 4 aromatic rings. The molecule has 9 nitrogen and oxygen atoms in total. The third-order valence-electron chi connectivity index (χ3n) is 4.91. The number of imidazole rings is 1. The zero-order chi connectivity index (χ0) is 22.1. The molecule has 0 fully saturated rings. The Labute approximate surface area is 176 Å². The van der Waals surface area contributed by atoms with Crippen molar-refractivity contribution in [3.63, 3.8) is 0 Å². The summed E-state index contributed by atoms with van der Waals surface area (Å²) in [6.45, 7) is 3.69.